The van der Waals surface area contributed by atoms with Gasteiger partial charge in [0.1, 0.15) is 5.69 Å². The first kappa shape index (κ1) is 13.4. The van der Waals surface area contributed by atoms with Crippen LogP contribution < -0.4 is 5.32 Å². The molecule has 0 bridgehead atoms. The Balaban J connectivity index is 1.89. The topological polar surface area (TPSA) is 70.9 Å². The van der Waals surface area contributed by atoms with Crippen molar-refractivity contribution in [2.24, 2.45) is 0 Å². The van der Waals surface area contributed by atoms with Crippen LogP contribution in [0.15, 0.2) is 41.0 Å². The van der Waals surface area contributed by atoms with Gasteiger partial charge in [-0.1, -0.05) is 29.3 Å². The number of H-pyrrole nitrogens is 1. The van der Waals surface area contributed by atoms with Crippen molar-refractivity contribution < 1.29 is 9.21 Å². The van der Waals surface area contributed by atoms with Crippen molar-refractivity contribution in [3.63, 3.8) is 0 Å². The molecule has 0 saturated heterocycles. The number of nitrogens with zero attached hydrogens (tertiary/aromatic N) is 1. The standard InChI is InChI=1S/C15H9Cl2N3O2/c16-7-3-4-8(9(17)6-7)12-11-13(10-2-1-5-22-10)19-20-14(11)15(21)18-12/h1-6,12H,(H,18,21)(H,19,20)/t12-/m0/s1. The highest BCUT2D eigenvalue weighted by atomic mass is 35.5. The molecule has 1 aliphatic heterocycles. The number of rotatable bonds is 2. The van der Waals surface area contributed by atoms with Gasteiger partial charge in [-0.25, -0.2) is 0 Å². The second kappa shape index (κ2) is 4.90. The smallest absolute Gasteiger partial charge is 0.272 e. The molecule has 0 saturated carbocycles. The van der Waals surface area contributed by atoms with Gasteiger partial charge in [-0.15, -0.1) is 0 Å². The van der Waals surface area contributed by atoms with E-state index < -0.39 is 6.04 Å². The molecule has 2 aromatic heterocycles. The van der Waals surface area contributed by atoms with E-state index in [1.165, 1.54) is 0 Å². The predicted molar refractivity (Wildman–Crippen MR) is 82.1 cm³/mol. The highest BCUT2D eigenvalue weighted by molar-refractivity contribution is 6.35. The molecule has 1 amide bonds. The average molecular weight is 334 g/mol. The number of fused-ring (bicyclic) bond motifs is 1. The second-order valence-electron chi connectivity index (χ2n) is 4.91. The third kappa shape index (κ3) is 1.94. The van der Waals surface area contributed by atoms with Crippen molar-refractivity contribution in [1.82, 2.24) is 15.5 Å². The van der Waals surface area contributed by atoms with Crippen molar-refractivity contribution in [2.45, 2.75) is 6.04 Å². The zero-order valence-corrected chi connectivity index (χ0v) is 12.6. The number of hydrogen-bond donors (Lipinski definition) is 2. The molecule has 1 aliphatic rings. The minimum absolute atomic E-state index is 0.250. The summed E-state index contributed by atoms with van der Waals surface area (Å²) in [4.78, 5) is 12.1. The predicted octanol–water partition coefficient (Wildman–Crippen LogP) is 3.81. The van der Waals surface area contributed by atoms with E-state index in [4.69, 9.17) is 27.6 Å². The maximum atomic E-state index is 12.1. The molecule has 1 atom stereocenters. The molecule has 4 rings (SSSR count). The summed E-state index contributed by atoms with van der Waals surface area (Å²) in [6.45, 7) is 0. The second-order valence-corrected chi connectivity index (χ2v) is 5.75. The van der Waals surface area contributed by atoms with Crippen LogP contribution in [-0.2, 0) is 0 Å². The molecule has 0 spiro atoms. The summed E-state index contributed by atoms with van der Waals surface area (Å²) in [6.07, 6.45) is 1.57. The van der Waals surface area contributed by atoms with Gasteiger partial charge >= 0.3 is 0 Å². The first-order chi connectivity index (χ1) is 10.6. The van der Waals surface area contributed by atoms with Gasteiger partial charge in [-0.05, 0) is 29.8 Å². The Kier molecular flexibility index (Phi) is 2.99. The van der Waals surface area contributed by atoms with Gasteiger partial charge in [0, 0.05) is 15.6 Å². The van der Waals surface area contributed by atoms with Gasteiger partial charge in [0.05, 0.1) is 12.3 Å². The summed E-state index contributed by atoms with van der Waals surface area (Å²) in [5.74, 6) is 0.361. The average Bonchev–Trinajstić information content (AvgIpc) is 3.18. The van der Waals surface area contributed by atoms with Crippen LogP contribution in [0.5, 0.6) is 0 Å². The highest BCUT2D eigenvalue weighted by Gasteiger charge is 2.37. The van der Waals surface area contributed by atoms with Crippen LogP contribution in [0.4, 0.5) is 0 Å². The molecule has 0 radical (unpaired) electrons. The zero-order chi connectivity index (χ0) is 15.3. The van der Waals surface area contributed by atoms with Crippen molar-refractivity contribution in [3.8, 4) is 11.5 Å². The number of carbonyl (C=O) groups excluding carboxylic acids is 1. The lowest BCUT2D eigenvalue weighted by Gasteiger charge is -2.14. The Labute approximate surface area is 135 Å². The van der Waals surface area contributed by atoms with E-state index in [0.29, 0.717) is 27.2 Å². The fraction of sp³-hybridized carbons (Fsp3) is 0.0667. The number of furan rings is 1. The Hall–Kier alpha value is -2.24. The normalized spacial score (nSPS) is 16.6. The quantitative estimate of drug-likeness (QED) is 0.749. The Morgan fingerprint density at radius 2 is 2.09 bits per heavy atom. The molecular formula is C15H9Cl2N3O2. The van der Waals surface area contributed by atoms with Gasteiger partial charge < -0.3 is 9.73 Å². The highest BCUT2D eigenvalue weighted by Crippen LogP contribution is 2.39. The van der Waals surface area contributed by atoms with E-state index in [0.717, 1.165) is 11.1 Å². The van der Waals surface area contributed by atoms with Crippen molar-refractivity contribution in [2.75, 3.05) is 0 Å². The minimum atomic E-state index is -0.397. The maximum absolute atomic E-state index is 12.1. The van der Waals surface area contributed by atoms with Crippen LogP contribution in [0.3, 0.4) is 0 Å². The lowest BCUT2D eigenvalue weighted by atomic mass is 9.99. The number of carbonyl (C=O) groups is 1. The third-order valence-corrected chi connectivity index (χ3v) is 4.19. The molecule has 3 heterocycles. The fourth-order valence-corrected chi connectivity index (χ4v) is 3.17. The largest absolute Gasteiger partial charge is 0.463 e. The molecular weight excluding hydrogens is 325 g/mol. The number of halogens is 2. The Morgan fingerprint density at radius 1 is 1.23 bits per heavy atom. The van der Waals surface area contributed by atoms with Crippen LogP contribution in [0, 0.1) is 0 Å². The van der Waals surface area contributed by atoms with Crippen LogP contribution >= 0.6 is 23.2 Å². The third-order valence-electron chi connectivity index (χ3n) is 3.62. The molecule has 0 unspecified atom stereocenters. The van der Waals surface area contributed by atoms with E-state index in [9.17, 15) is 4.79 Å². The van der Waals surface area contributed by atoms with Crippen LogP contribution in [0.25, 0.3) is 11.5 Å². The Bertz CT molecular complexity index is 871. The van der Waals surface area contributed by atoms with Crippen molar-refractivity contribution >= 4 is 29.1 Å². The van der Waals surface area contributed by atoms with Gasteiger partial charge in [0.25, 0.3) is 5.91 Å². The summed E-state index contributed by atoms with van der Waals surface area (Å²) >= 11 is 12.2. The van der Waals surface area contributed by atoms with Gasteiger partial charge in [-0.2, -0.15) is 5.10 Å². The van der Waals surface area contributed by atoms with Crippen LogP contribution in [0.1, 0.15) is 27.7 Å². The van der Waals surface area contributed by atoms with Crippen molar-refractivity contribution in [3.05, 3.63) is 63.5 Å². The van der Waals surface area contributed by atoms with E-state index in [2.05, 4.69) is 15.5 Å². The lowest BCUT2D eigenvalue weighted by molar-refractivity contribution is 0.0955. The summed E-state index contributed by atoms with van der Waals surface area (Å²) in [7, 11) is 0. The van der Waals surface area contributed by atoms with E-state index >= 15 is 0 Å². The van der Waals surface area contributed by atoms with E-state index in [-0.39, 0.29) is 5.91 Å². The maximum Gasteiger partial charge on any atom is 0.272 e. The fourth-order valence-electron chi connectivity index (χ4n) is 2.65. The molecule has 1 aromatic carbocycles. The molecule has 3 aromatic rings. The SMILES string of the molecule is O=C1N[C@@H](c2ccc(Cl)cc2Cl)c2c1n[nH]c2-c1ccco1. The van der Waals surface area contributed by atoms with Crippen LogP contribution in [-0.4, -0.2) is 16.1 Å². The first-order valence-corrected chi connectivity index (χ1v) is 7.28. The molecule has 7 heteroatoms. The van der Waals surface area contributed by atoms with Gasteiger partial charge in [-0.3, -0.25) is 9.89 Å². The molecule has 2 N–H and O–H groups in total. The van der Waals surface area contributed by atoms with Crippen LogP contribution in [0.2, 0.25) is 10.0 Å². The Morgan fingerprint density at radius 3 is 2.82 bits per heavy atom. The number of hydrogen-bond acceptors (Lipinski definition) is 3. The molecule has 0 aliphatic carbocycles. The molecule has 22 heavy (non-hydrogen) atoms. The minimum Gasteiger partial charge on any atom is -0.463 e. The number of aromatic amines is 1. The number of amides is 1. The number of benzene rings is 1. The van der Waals surface area contributed by atoms with Crippen molar-refractivity contribution in [1.29, 1.82) is 0 Å². The van der Waals surface area contributed by atoms with Gasteiger partial charge in [0.15, 0.2) is 11.5 Å². The molecule has 0 fully saturated rings. The van der Waals surface area contributed by atoms with Gasteiger partial charge in [0.2, 0.25) is 0 Å². The summed E-state index contributed by atoms with van der Waals surface area (Å²) in [5.41, 5.74) is 2.49. The zero-order valence-electron chi connectivity index (χ0n) is 11.1. The molecule has 110 valence electrons. The number of aromatic nitrogens is 2. The lowest BCUT2D eigenvalue weighted by Crippen LogP contribution is -2.21. The summed E-state index contributed by atoms with van der Waals surface area (Å²) in [6, 6.07) is 8.36. The van der Waals surface area contributed by atoms with E-state index in [1.54, 1.807) is 36.6 Å². The molecule has 5 nitrogen and oxygen atoms in total. The summed E-state index contributed by atoms with van der Waals surface area (Å²) in [5, 5.41) is 10.9. The monoisotopic (exact) mass is 333 g/mol. The summed E-state index contributed by atoms with van der Waals surface area (Å²) < 4.78 is 5.41. The number of nitrogens with one attached hydrogen (secondary N) is 2. The first-order valence-electron chi connectivity index (χ1n) is 6.53. The van der Waals surface area contributed by atoms with E-state index in [1.807, 2.05) is 0 Å².